The van der Waals surface area contributed by atoms with Crippen LogP contribution in [0.5, 0.6) is 0 Å². The molecular weight excluding hydrogens is 220 g/mol. The first-order valence-corrected chi connectivity index (χ1v) is 6.40. The maximum Gasteiger partial charge on any atom is 0.326 e. The van der Waals surface area contributed by atoms with E-state index in [1.807, 2.05) is 0 Å². The van der Waals surface area contributed by atoms with Gasteiger partial charge in [-0.1, -0.05) is 12.8 Å². The van der Waals surface area contributed by atoms with Gasteiger partial charge < -0.3 is 15.7 Å². The number of hydrogen-bond donors (Lipinski definition) is 2. The van der Waals surface area contributed by atoms with Crippen molar-refractivity contribution >= 4 is 11.9 Å². The summed E-state index contributed by atoms with van der Waals surface area (Å²) in [4.78, 5) is 24.9. The molecule has 5 nitrogen and oxygen atoms in total. The number of carboxylic acid groups (broad SMARTS) is 1. The maximum atomic E-state index is 12.3. The van der Waals surface area contributed by atoms with E-state index in [2.05, 4.69) is 0 Å². The predicted octanol–water partition coefficient (Wildman–Crippen LogP) is 0.579. The fourth-order valence-electron chi connectivity index (χ4n) is 2.97. The molecule has 1 aliphatic heterocycles. The quantitative estimate of drug-likeness (QED) is 0.739. The van der Waals surface area contributed by atoms with E-state index in [1.165, 1.54) is 4.90 Å². The molecule has 2 rings (SSSR count). The van der Waals surface area contributed by atoms with Gasteiger partial charge >= 0.3 is 5.97 Å². The largest absolute Gasteiger partial charge is 0.480 e. The van der Waals surface area contributed by atoms with Crippen molar-refractivity contribution in [3.8, 4) is 0 Å². The monoisotopic (exact) mass is 240 g/mol. The lowest BCUT2D eigenvalue weighted by Gasteiger charge is -2.32. The molecule has 17 heavy (non-hydrogen) atoms. The minimum absolute atomic E-state index is 0.0397. The Morgan fingerprint density at radius 3 is 2.47 bits per heavy atom. The summed E-state index contributed by atoms with van der Waals surface area (Å²) < 4.78 is 0. The molecule has 0 aromatic rings. The number of nitrogens with two attached hydrogens (primary N) is 1. The number of likely N-dealkylation sites (tertiary alicyclic amines) is 1. The normalized spacial score (nSPS) is 33.7. The number of rotatable bonds is 2. The molecule has 2 aliphatic rings. The molecular formula is C12H20N2O3. The van der Waals surface area contributed by atoms with Crippen LogP contribution >= 0.6 is 0 Å². The van der Waals surface area contributed by atoms with E-state index >= 15 is 0 Å². The van der Waals surface area contributed by atoms with Crippen molar-refractivity contribution in [1.82, 2.24) is 4.90 Å². The molecule has 0 radical (unpaired) electrons. The van der Waals surface area contributed by atoms with Crippen molar-refractivity contribution in [3.05, 3.63) is 0 Å². The van der Waals surface area contributed by atoms with E-state index in [9.17, 15) is 9.59 Å². The van der Waals surface area contributed by atoms with Gasteiger partial charge in [-0.15, -0.1) is 0 Å². The third kappa shape index (κ3) is 2.44. The van der Waals surface area contributed by atoms with Crippen LogP contribution < -0.4 is 5.73 Å². The van der Waals surface area contributed by atoms with Gasteiger partial charge in [-0.2, -0.15) is 0 Å². The van der Waals surface area contributed by atoms with Gasteiger partial charge in [-0.25, -0.2) is 4.79 Å². The highest BCUT2D eigenvalue weighted by molar-refractivity contribution is 5.86. The number of carboxylic acids is 1. The van der Waals surface area contributed by atoms with Crippen LogP contribution in [0.25, 0.3) is 0 Å². The van der Waals surface area contributed by atoms with Gasteiger partial charge in [0.05, 0.1) is 5.92 Å². The molecule has 0 bridgehead atoms. The summed E-state index contributed by atoms with van der Waals surface area (Å²) in [6.07, 6.45) is 5.14. The molecule has 1 aliphatic carbocycles. The lowest BCUT2D eigenvalue weighted by atomic mass is 9.84. The molecule has 5 heteroatoms. The molecule has 2 unspecified atom stereocenters. The fraction of sp³-hybridized carbons (Fsp3) is 0.833. The zero-order valence-electron chi connectivity index (χ0n) is 9.97. The fourth-order valence-corrected chi connectivity index (χ4v) is 2.97. The Hall–Kier alpha value is -1.10. The third-order valence-corrected chi connectivity index (χ3v) is 3.96. The Labute approximate surface area is 101 Å². The average molecular weight is 240 g/mol. The molecule has 3 N–H and O–H groups in total. The van der Waals surface area contributed by atoms with E-state index < -0.39 is 12.0 Å². The first kappa shape index (κ1) is 12.4. The number of hydrogen-bond acceptors (Lipinski definition) is 3. The second kappa shape index (κ2) is 5.04. The van der Waals surface area contributed by atoms with Crippen LogP contribution in [0.2, 0.25) is 0 Å². The highest BCUT2D eigenvalue weighted by atomic mass is 16.4. The van der Waals surface area contributed by atoms with E-state index in [1.54, 1.807) is 0 Å². The van der Waals surface area contributed by atoms with Crippen molar-refractivity contribution in [2.75, 3.05) is 6.54 Å². The number of aliphatic carboxylic acids is 1. The summed E-state index contributed by atoms with van der Waals surface area (Å²) in [6, 6.07) is -0.720. The standard InChI is InChI=1S/C12H20N2O3/c13-9-5-2-1-4-8(9)11(15)14-7-3-6-10(14)12(16)17/h8-10H,1-7,13H2,(H,16,17)/t8?,9?,10-/m0/s1. The molecule has 1 saturated carbocycles. The Morgan fingerprint density at radius 2 is 1.82 bits per heavy atom. The van der Waals surface area contributed by atoms with E-state index in [0.717, 1.165) is 32.1 Å². The molecule has 3 atom stereocenters. The second-order valence-corrected chi connectivity index (χ2v) is 5.08. The van der Waals surface area contributed by atoms with Gasteiger partial charge in [-0.3, -0.25) is 4.79 Å². The van der Waals surface area contributed by atoms with Crippen molar-refractivity contribution in [3.63, 3.8) is 0 Å². The molecule has 96 valence electrons. The maximum absolute atomic E-state index is 12.3. The number of nitrogens with zero attached hydrogens (tertiary/aromatic N) is 1. The lowest BCUT2D eigenvalue weighted by Crippen LogP contribution is -2.49. The minimum Gasteiger partial charge on any atom is -0.480 e. The molecule has 0 aromatic carbocycles. The third-order valence-electron chi connectivity index (χ3n) is 3.96. The molecule has 2 fully saturated rings. The van der Waals surface area contributed by atoms with Crippen molar-refractivity contribution in [1.29, 1.82) is 0 Å². The average Bonchev–Trinajstić information content (AvgIpc) is 2.77. The summed E-state index contributed by atoms with van der Waals surface area (Å²) in [5.74, 6) is -1.09. The Morgan fingerprint density at radius 1 is 1.12 bits per heavy atom. The van der Waals surface area contributed by atoms with Gasteiger partial charge in [0, 0.05) is 12.6 Å². The van der Waals surface area contributed by atoms with Gasteiger partial charge in [0.2, 0.25) is 5.91 Å². The van der Waals surface area contributed by atoms with Crippen LogP contribution in [0.1, 0.15) is 38.5 Å². The number of carbonyl (C=O) groups excluding carboxylic acids is 1. The van der Waals surface area contributed by atoms with Gasteiger partial charge in [0.25, 0.3) is 0 Å². The van der Waals surface area contributed by atoms with E-state index in [-0.39, 0.29) is 17.9 Å². The van der Waals surface area contributed by atoms with Gasteiger partial charge in [-0.05, 0) is 25.7 Å². The van der Waals surface area contributed by atoms with Gasteiger partial charge in [0.1, 0.15) is 6.04 Å². The van der Waals surface area contributed by atoms with E-state index in [4.69, 9.17) is 10.8 Å². The van der Waals surface area contributed by atoms with Crippen molar-refractivity contribution < 1.29 is 14.7 Å². The zero-order valence-corrected chi connectivity index (χ0v) is 9.97. The molecule has 0 spiro atoms. The zero-order chi connectivity index (χ0) is 12.4. The van der Waals surface area contributed by atoms with Crippen LogP contribution in [0.4, 0.5) is 0 Å². The topological polar surface area (TPSA) is 83.6 Å². The Kier molecular flexibility index (Phi) is 3.66. The first-order chi connectivity index (χ1) is 8.11. The molecule has 1 heterocycles. The number of carbonyl (C=O) groups is 2. The van der Waals surface area contributed by atoms with Crippen LogP contribution in [0.15, 0.2) is 0 Å². The highest BCUT2D eigenvalue weighted by Crippen LogP contribution is 2.28. The smallest absolute Gasteiger partial charge is 0.326 e. The lowest BCUT2D eigenvalue weighted by molar-refractivity contribution is -0.150. The summed E-state index contributed by atoms with van der Waals surface area (Å²) in [6.45, 7) is 0.568. The number of amides is 1. The van der Waals surface area contributed by atoms with Crippen molar-refractivity contribution in [2.45, 2.75) is 50.6 Å². The summed E-state index contributed by atoms with van der Waals surface area (Å²) in [7, 11) is 0. The molecule has 1 amide bonds. The summed E-state index contributed by atoms with van der Waals surface area (Å²) >= 11 is 0. The SMILES string of the molecule is NC1CCCCC1C(=O)N1CCC[C@H]1C(=O)O. The first-order valence-electron chi connectivity index (χ1n) is 6.40. The minimum atomic E-state index is -0.889. The second-order valence-electron chi connectivity index (χ2n) is 5.08. The van der Waals surface area contributed by atoms with Crippen LogP contribution in [0.3, 0.4) is 0 Å². The summed E-state index contributed by atoms with van der Waals surface area (Å²) in [5.41, 5.74) is 5.97. The van der Waals surface area contributed by atoms with Gasteiger partial charge in [0.15, 0.2) is 0 Å². The van der Waals surface area contributed by atoms with Crippen molar-refractivity contribution in [2.24, 2.45) is 11.7 Å². The molecule has 1 saturated heterocycles. The summed E-state index contributed by atoms with van der Waals surface area (Å²) in [5, 5.41) is 9.07. The van der Waals surface area contributed by atoms with E-state index in [0.29, 0.717) is 13.0 Å². The van der Waals surface area contributed by atoms with Crippen LogP contribution in [0, 0.1) is 5.92 Å². The predicted molar refractivity (Wildman–Crippen MR) is 62.3 cm³/mol. The van der Waals surface area contributed by atoms with Crippen LogP contribution in [-0.2, 0) is 9.59 Å². The van der Waals surface area contributed by atoms with Crippen LogP contribution in [-0.4, -0.2) is 40.5 Å². The Bertz CT molecular complexity index is 319. The highest BCUT2D eigenvalue weighted by Gasteiger charge is 2.39. The molecule has 0 aromatic heterocycles. The Balaban J connectivity index is 2.05.